The molecule has 7 heteroatoms. The summed E-state index contributed by atoms with van der Waals surface area (Å²) >= 11 is 0. The van der Waals surface area contributed by atoms with E-state index in [4.69, 9.17) is 0 Å². The largest absolute Gasteiger partial charge is 0.337 e. The first-order valence-corrected chi connectivity index (χ1v) is 12.4. The molecule has 4 aromatic rings. The van der Waals surface area contributed by atoms with Crippen molar-refractivity contribution in [2.45, 2.75) is 30.7 Å². The second kappa shape index (κ2) is 9.58. The summed E-state index contributed by atoms with van der Waals surface area (Å²) in [4.78, 5) is 14.9. The minimum absolute atomic E-state index is 0.0103. The number of nitrogens with zero attached hydrogens (tertiary/aromatic N) is 2. The Morgan fingerprint density at radius 3 is 2.33 bits per heavy atom. The van der Waals surface area contributed by atoms with Crippen molar-refractivity contribution in [1.29, 1.82) is 0 Å². The van der Waals surface area contributed by atoms with Crippen LogP contribution >= 0.6 is 0 Å². The molecule has 170 valence electrons. The Hall–Kier alpha value is -3.45. The lowest BCUT2D eigenvalue weighted by Crippen LogP contribution is -2.33. The molecule has 0 saturated heterocycles. The quantitative estimate of drug-likeness (QED) is 0.376. The van der Waals surface area contributed by atoms with E-state index >= 15 is 0 Å². The van der Waals surface area contributed by atoms with Gasteiger partial charge in [-0.2, -0.15) is 0 Å². The Morgan fingerprint density at radius 2 is 1.61 bits per heavy atom. The number of sulfone groups is 1. The number of carbonyl (C=O) groups excluding carboxylic acids is 1. The first-order chi connectivity index (χ1) is 15.9. The predicted octanol–water partition coefficient (Wildman–Crippen LogP) is 4.80. The number of hydrogen-bond acceptors (Lipinski definition) is 3. The van der Waals surface area contributed by atoms with Crippen LogP contribution in [0.25, 0.3) is 10.9 Å². The van der Waals surface area contributed by atoms with E-state index in [-0.39, 0.29) is 22.9 Å². The average molecular weight is 465 g/mol. The van der Waals surface area contributed by atoms with E-state index in [1.165, 1.54) is 24.4 Å². The summed E-state index contributed by atoms with van der Waals surface area (Å²) in [6, 6.07) is 22.6. The maximum atomic E-state index is 14.1. The van der Waals surface area contributed by atoms with Crippen molar-refractivity contribution in [3.05, 3.63) is 102 Å². The highest BCUT2D eigenvalue weighted by Gasteiger charge is 2.24. The molecule has 1 aromatic heterocycles. The van der Waals surface area contributed by atoms with Crippen LogP contribution < -0.4 is 0 Å². The van der Waals surface area contributed by atoms with Crippen molar-refractivity contribution < 1.29 is 17.6 Å². The minimum Gasteiger partial charge on any atom is -0.337 e. The summed E-state index contributed by atoms with van der Waals surface area (Å²) in [5.74, 6) is -1.11. The van der Waals surface area contributed by atoms with Gasteiger partial charge >= 0.3 is 0 Å². The number of para-hydroxylation sites is 1. The lowest BCUT2D eigenvalue weighted by atomic mass is 10.2. The molecule has 0 bridgehead atoms. The van der Waals surface area contributed by atoms with Gasteiger partial charge in [0, 0.05) is 35.8 Å². The van der Waals surface area contributed by atoms with Crippen molar-refractivity contribution in [3.63, 3.8) is 0 Å². The monoisotopic (exact) mass is 464 g/mol. The summed E-state index contributed by atoms with van der Waals surface area (Å²) in [6.07, 6.45) is 1.50. The average Bonchev–Trinajstić information content (AvgIpc) is 3.19. The van der Waals surface area contributed by atoms with Crippen LogP contribution in [0.2, 0.25) is 0 Å². The SMILES string of the molecule is CCN(Cc1ccccc1)C(=O)Cn1cc(S(=O)(=O)Cc2ccccc2F)c2ccccc21. The maximum Gasteiger partial charge on any atom is 0.242 e. The molecule has 1 amide bonds. The van der Waals surface area contributed by atoms with Crippen LogP contribution in [0.5, 0.6) is 0 Å². The number of halogens is 1. The van der Waals surface area contributed by atoms with Crippen molar-refractivity contribution in [2.75, 3.05) is 6.54 Å². The van der Waals surface area contributed by atoms with Gasteiger partial charge in [0.2, 0.25) is 5.91 Å². The Bertz CT molecular complexity index is 1380. The third kappa shape index (κ3) is 4.98. The molecule has 0 spiro atoms. The van der Waals surface area contributed by atoms with Gasteiger partial charge in [-0.25, -0.2) is 12.8 Å². The predicted molar refractivity (Wildman–Crippen MR) is 127 cm³/mol. The fourth-order valence-corrected chi connectivity index (χ4v) is 5.51. The number of benzene rings is 3. The molecule has 0 fully saturated rings. The molecule has 0 saturated carbocycles. The molecule has 33 heavy (non-hydrogen) atoms. The van der Waals surface area contributed by atoms with Crippen LogP contribution in [0.15, 0.2) is 90.0 Å². The molecule has 4 rings (SSSR count). The van der Waals surface area contributed by atoms with Gasteiger partial charge in [0.05, 0.1) is 10.6 Å². The summed E-state index contributed by atoms with van der Waals surface area (Å²) < 4.78 is 42.2. The van der Waals surface area contributed by atoms with Gasteiger partial charge in [-0.3, -0.25) is 4.79 Å². The number of aromatic nitrogens is 1. The number of likely N-dealkylation sites (N-methyl/N-ethyl adjacent to an activating group) is 1. The zero-order valence-corrected chi connectivity index (χ0v) is 19.1. The topological polar surface area (TPSA) is 59.4 Å². The lowest BCUT2D eigenvalue weighted by molar-refractivity contribution is -0.132. The van der Waals surface area contributed by atoms with E-state index in [0.29, 0.717) is 24.0 Å². The van der Waals surface area contributed by atoms with E-state index in [2.05, 4.69) is 0 Å². The van der Waals surface area contributed by atoms with E-state index in [9.17, 15) is 17.6 Å². The molecular weight excluding hydrogens is 439 g/mol. The Labute approximate surface area is 193 Å². The standard InChI is InChI=1S/C26H25FN2O3S/c1-2-28(16-20-10-4-3-5-11-20)26(30)18-29-17-25(22-13-7-9-15-24(22)29)33(31,32)19-21-12-6-8-14-23(21)27/h3-15,17H,2,16,18-19H2,1H3. The van der Waals surface area contributed by atoms with E-state index in [1.807, 2.05) is 37.3 Å². The van der Waals surface area contributed by atoms with Crippen LogP contribution in [0.4, 0.5) is 4.39 Å². The minimum atomic E-state index is -3.84. The number of hydrogen-bond donors (Lipinski definition) is 0. The molecule has 0 radical (unpaired) electrons. The third-order valence-corrected chi connectivity index (χ3v) is 7.33. The van der Waals surface area contributed by atoms with Crippen molar-refractivity contribution in [2.24, 2.45) is 0 Å². The van der Waals surface area contributed by atoms with Crippen LogP contribution in [0, 0.1) is 5.82 Å². The van der Waals surface area contributed by atoms with E-state index < -0.39 is 21.4 Å². The van der Waals surface area contributed by atoms with Gasteiger partial charge < -0.3 is 9.47 Å². The van der Waals surface area contributed by atoms with Crippen molar-refractivity contribution in [1.82, 2.24) is 9.47 Å². The number of fused-ring (bicyclic) bond motifs is 1. The van der Waals surface area contributed by atoms with Gasteiger partial charge in [0.25, 0.3) is 0 Å². The van der Waals surface area contributed by atoms with Gasteiger partial charge in [-0.1, -0.05) is 66.7 Å². The number of carbonyl (C=O) groups is 1. The van der Waals surface area contributed by atoms with Gasteiger partial charge in [-0.05, 0) is 24.6 Å². The molecule has 1 heterocycles. The van der Waals surface area contributed by atoms with Crippen LogP contribution in [-0.4, -0.2) is 30.3 Å². The smallest absolute Gasteiger partial charge is 0.242 e. The second-order valence-corrected chi connectivity index (χ2v) is 9.84. The Morgan fingerprint density at radius 1 is 0.939 bits per heavy atom. The van der Waals surface area contributed by atoms with Crippen LogP contribution in [0.3, 0.4) is 0 Å². The molecule has 3 aromatic carbocycles. The highest BCUT2D eigenvalue weighted by atomic mass is 32.2. The summed E-state index contributed by atoms with van der Waals surface area (Å²) in [5.41, 5.74) is 1.79. The summed E-state index contributed by atoms with van der Waals surface area (Å²) in [5, 5.41) is 0.521. The van der Waals surface area contributed by atoms with Crippen molar-refractivity contribution >= 4 is 26.6 Å². The fourth-order valence-electron chi connectivity index (χ4n) is 3.92. The molecule has 0 aliphatic carbocycles. The Kier molecular flexibility index (Phi) is 6.60. The summed E-state index contributed by atoms with van der Waals surface area (Å²) in [6.45, 7) is 2.94. The molecule has 5 nitrogen and oxygen atoms in total. The first-order valence-electron chi connectivity index (χ1n) is 10.7. The maximum absolute atomic E-state index is 14.1. The molecule has 0 N–H and O–H groups in total. The molecule has 0 aliphatic heterocycles. The Balaban J connectivity index is 1.64. The van der Waals surface area contributed by atoms with Crippen LogP contribution in [-0.2, 0) is 33.5 Å². The highest BCUT2D eigenvalue weighted by molar-refractivity contribution is 7.90. The fraction of sp³-hybridized carbons (Fsp3) is 0.192. The van der Waals surface area contributed by atoms with Crippen molar-refractivity contribution in [3.8, 4) is 0 Å². The van der Waals surface area contributed by atoms with Crippen LogP contribution in [0.1, 0.15) is 18.1 Å². The third-order valence-electron chi connectivity index (χ3n) is 5.65. The molecule has 0 atom stereocenters. The van der Waals surface area contributed by atoms with E-state index in [0.717, 1.165) is 5.56 Å². The highest BCUT2D eigenvalue weighted by Crippen LogP contribution is 2.28. The van der Waals surface area contributed by atoms with Gasteiger partial charge in [0.1, 0.15) is 12.4 Å². The summed E-state index contributed by atoms with van der Waals surface area (Å²) in [7, 11) is -3.84. The van der Waals surface area contributed by atoms with Gasteiger partial charge in [0.15, 0.2) is 9.84 Å². The molecule has 0 aliphatic rings. The second-order valence-electron chi connectivity index (χ2n) is 7.88. The first kappa shape index (κ1) is 22.7. The zero-order chi connectivity index (χ0) is 23.4. The van der Waals surface area contributed by atoms with Gasteiger partial charge in [-0.15, -0.1) is 0 Å². The number of rotatable bonds is 8. The normalized spacial score (nSPS) is 11.6. The van der Waals surface area contributed by atoms with E-state index in [1.54, 1.807) is 39.8 Å². The molecule has 0 unspecified atom stereocenters. The zero-order valence-electron chi connectivity index (χ0n) is 18.3. The lowest BCUT2D eigenvalue weighted by Gasteiger charge is -2.21. The number of amides is 1. The molecular formula is C26H25FN2O3S.